The molecule has 11 rings (SSSR count). The van der Waals surface area contributed by atoms with Crippen LogP contribution in [0.15, 0.2) is 182 Å². The van der Waals surface area contributed by atoms with Crippen molar-refractivity contribution >= 4 is 75.1 Å². The number of aromatic nitrogens is 2. The standard InChI is InChI=1S/C48H30N2S/c1-2-12-31(13-3-1)32-14-10-15-33(28-32)34-24-27-46-40(29-34)48-45(22-11-23-47(48)51-46)50-43-21-9-6-18-38(43)39-30-35(25-26-44(39)50)49-41-19-7-4-16-36(41)37-17-5-8-20-42(37)49/h1-30H/i4D,7D,16D,19D. The Hall–Kier alpha value is -6.42. The highest BCUT2D eigenvalue weighted by Gasteiger charge is 2.19. The molecule has 0 N–H and O–H groups in total. The van der Waals surface area contributed by atoms with E-state index in [2.05, 4.69) is 138 Å². The smallest absolute Gasteiger partial charge is 0.0645 e. The molecule has 0 aliphatic heterocycles. The minimum absolute atomic E-state index is 0.0215. The Morgan fingerprint density at radius 3 is 1.92 bits per heavy atom. The maximum atomic E-state index is 8.99. The van der Waals surface area contributed by atoms with Crippen molar-refractivity contribution in [3.05, 3.63) is 182 Å². The van der Waals surface area contributed by atoms with E-state index < -0.39 is 0 Å². The minimum atomic E-state index is -0.234. The van der Waals surface area contributed by atoms with Crippen LogP contribution in [0.2, 0.25) is 0 Å². The zero-order valence-electron chi connectivity index (χ0n) is 31.3. The van der Waals surface area contributed by atoms with E-state index in [1.54, 1.807) is 0 Å². The fourth-order valence-corrected chi connectivity index (χ4v) is 9.09. The van der Waals surface area contributed by atoms with Gasteiger partial charge in [0.05, 0.1) is 33.2 Å². The summed E-state index contributed by atoms with van der Waals surface area (Å²) in [6.45, 7) is 0. The molecule has 0 spiro atoms. The molecule has 0 amide bonds. The van der Waals surface area contributed by atoms with Crippen LogP contribution in [0.25, 0.3) is 97.4 Å². The normalized spacial score (nSPS) is 13.0. The molecular formula is C48H30N2S. The van der Waals surface area contributed by atoms with E-state index in [0.717, 1.165) is 44.1 Å². The van der Waals surface area contributed by atoms with Crippen LogP contribution in [0.4, 0.5) is 0 Å². The summed E-state index contributed by atoms with van der Waals surface area (Å²) in [6.07, 6.45) is 0. The van der Waals surface area contributed by atoms with Gasteiger partial charge in [0.2, 0.25) is 0 Å². The number of hydrogen-bond acceptors (Lipinski definition) is 1. The lowest BCUT2D eigenvalue weighted by molar-refractivity contribution is 1.17. The first kappa shape index (κ1) is 24.7. The lowest BCUT2D eigenvalue weighted by atomic mass is 9.98. The van der Waals surface area contributed by atoms with Gasteiger partial charge in [0.15, 0.2) is 0 Å². The fraction of sp³-hybridized carbons (Fsp3) is 0. The first-order valence-corrected chi connectivity index (χ1v) is 17.9. The summed E-state index contributed by atoms with van der Waals surface area (Å²) in [5, 5.41) is 5.95. The van der Waals surface area contributed by atoms with Crippen LogP contribution in [-0.4, -0.2) is 9.13 Å². The maximum absolute atomic E-state index is 8.99. The van der Waals surface area contributed by atoms with E-state index in [0.29, 0.717) is 10.9 Å². The van der Waals surface area contributed by atoms with Crippen molar-refractivity contribution in [3.8, 4) is 33.6 Å². The van der Waals surface area contributed by atoms with Gasteiger partial charge in [-0.15, -0.1) is 11.3 Å². The molecule has 0 radical (unpaired) electrons. The number of nitrogens with zero attached hydrogens (tertiary/aromatic N) is 2. The van der Waals surface area contributed by atoms with Gasteiger partial charge in [0.25, 0.3) is 0 Å². The third-order valence-corrected chi connectivity index (χ3v) is 11.4. The van der Waals surface area contributed by atoms with Gasteiger partial charge in [-0.3, -0.25) is 0 Å². The Kier molecular flexibility index (Phi) is 5.34. The van der Waals surface area contributed by atoms with Crippen LogP contribution in [0.3, 0.4) is 0 Å². The average molecular weight is 671 g/mol. The van der Waals surface area contributed by atoms with Crippen LogP contribution in [-0.2, 0) is 0 Å². The predicted octanol–water partition coefficient (Wildman–Crippen LogP) is 13.6. The molecule has 238 valence electrons. The van der Waals surface area contributed by atoms with Crippen molar-refractivity contribution in [3.63, 3.8) is 0 Å². The monoisotopic (exact) mass is 670 g/mol. The summed E-state index contributed by atoms with van der Waals surface area (Å²) in [5.41, 5.74) is 10.2. The predicted molar refractivity (Wildman–Crippen MR) is 219 cm³/mol. The number of fused-ring (bicyclic) bond motifs is 9. The first-order valence-electron chi connectivity index (χ1n) is 19.1. The Morgan fingerprint density at radius 2 is 1.06 bits per heavy atom. The van der Waals surface area contributed by atoms with E-state index in [-0.39, 0.29) is 24.2 Å². The second-order valence-corrected chi connectivity index (χ2v) is 14.1. The highest BCUT2D eigenvalue weighted by Crippen LogP contribution is 2.43. The van der Waals surface area contributed by atoms with Crippen LogP contribution in [0.1, 0.15) is 5.48 Å². The summed E-state index contributed by atoms with van der Waals surface area (Å²) in [7, 11) is 0. The molecule has 0 aliphatic rings. The highest BCUT2D eigenvalue weighted by atomic mass is 32.1. The second kappa shape index (κ2) is 11.0. The molecule has 51 heavy (non-hydrogen) atoms. The number of rotatable bonds is 4. The topological polar surface area (TPSA) is 9.86 Å². The van der Waals surface area contributed by atoms with Gasteiger partial charge in [-0.1, -0.05) is 115 Å². The number of benzene rings is 8. The van der Waals surface area contributed by atoms with Crippen molar-refractivity contribution in [1.29, 1.82) is 0 Å². The summed E-state index contributed by atoms with van der Waals surface area (Å²) >= 11 is 1.82. The molecule has 0 aliphatic carbocycles. The van der Waals surface area contributed by atoms with Crippen molar-refractivity contribution in [2.75, 3.05) is 0 Å². The van der Waals surface area contributed by atoms with Gasteiger partial charge in [0, 0.05) is 47.4 Å². The average Bonchev–Trinajstić information content (AvgIpc) is 3.90. The van der Waals surface area contributed by atoms with Gasteiger partial charge in [-0.05, 0) is 89.0 Å². The van der Waals surface area contributed by atoms with Crippen molar-refractivity contribution in [1.82, 2.24) is 9.13 Å². The van der Waals surface area contributed by atoms with Crippen LogP contribution in [0.5, 0.6) is 0 Å². The van der Waals surface area contributed by atoms with Crippen molar-refractivity contribution in [2.45, 2.75) is 0 Å². The van der Waals surface area contributed by atoms with Gasteiger partial charge in [0.1, 0.15) is 0 Å². The zero-order chi connectivity index (χ0) is 36.9. The molecular weight excluding hydrogens is 637 g/mol. The maximum Gasteiger partial charge on any atom is 0.0645 e. The van der Waals surface area contributed by atoms with Crippen LogP contribution >= 0.6 is 11.3 Å². The van der Waals surface area contributed by atoms with Gasteiger partial charge in [-0.2, -0.15) is 0 Å². The molecule has 8 aromatic carbocycles. The molecule has 0 fully saturated rings. The number of para-hydroxylation sites is 3. The Balaban J connectivity index is 1.15. The van der Waals surface area contributed by atoms with Crippen molar-refractivity contribution < 1.29 is 5.48 Å². The third kappa shape index (κ3) is 4.29. The van der Waals surface area contributed by atoms with Gasteiger partial charge >= 0.3 is 0 Å². The molecule has 0 atom stereocenters. The molecule has 0 unspecified atom stereocenters. The first-order chi connectivity index (χ1) is 27.0. The van der Waals surface area contributed by atoms with E-state index >= 15 is 0 Å². The van der Waals surface area contributed by atoms with E-state index in [1.807, 2.05) is 40.2 Å². The van der Waals surface area contributed by atoms with E-state index in [9.17, 15) is 0 Å². The second-order valence-electron chi connectivity index (χ2n) is 13.0. The highest BCUT2D eigenvalue weighted by molar-refractivity contribution is 7.25. The van der Waals surface area contributed by atoms with Crippen LogP contribution < -0.4 is 0 Å². The minimum Gasteiger partial charge on any atom is -0.309 e. The molecule has 3 heterocycles. The largest absolute Gasteiger partial charge is 0.309 e. The zero-order valence-corrected chi connectivity index (χ0v) is 28.1. The molecule has 2 nitrogen and oxygen atoms in total. The summed E-state index contributed by atoms with van der Waals surface area (Å²) in [6, 6.07) is 54.9. The van der Waals surface area contributed by atoms with E-state index in [1.165, 1.54) is 42.4 Å². The third-order valence-electron chi connectivity index (χ3n) is 10.2. The fourth-order valence-electron chi connectivity index (χ4n) is 7.98. The molecule has 0 saturated carbocycles. The lowest BCUT2D eigenvalue weighted by Crippen LogP contribution is -1.96. The molecule has 3 aromatic heterocycles. The van der Waals surface area contributed by atoms with Gasteiger partial charge < -0.3 is 9.13 Å². The van der Waals surface area contributed by atoms with E-state index in [4.69, 9.17) is 5.48 Å². The lowest BCUT2D eigenvalue weighted by Gasteiger charge is -2.12. The van der Waals surface area contributed by atoms with Crippen molar-refractivity contribution in [2.24, 2.45) is 0 Å². The molecule has 0 saturated heterocycles. The Labute approximate surface area is 304 Å². The summed E-state index contributed by atoms with van der Waals surface area (Å²) < 4.78 is 41.6. The summed E-state index contributed by atoms with van der Waals surface area (Å²) in [5.74, 6) is 0. The Bertz CT molecular complexity index is 3370. The quantitative estimate of drug-likeness (QED) is 0.176. The molecule has 0 bridgehead atoms. The molecule has 11 aromatic rings. The van der Waals surface area contributed by atoms with Gasteiger partial charge in [-0.25, -0.2) is 0 Å². The summed E-state index contributed by atoms with van der Waals surface area (Å²) in [4.78, 5) is 0. The Morgan fingerprint density at radius 1 is 0.392 bits per heavy atom. The van der Waals surface area contributed by atoms with Crippen LogP contribution in [0, 0.1) is 0 Å². The number of thiophene rings is 1. The number of hydrogen-bond donors (Lipinski definition) is 0. The molecule has 3 heteroatoms. The SMILES string of the molecule is [2H]c1c([2H])c([2H])c2c(c1[2H])c1ccccc1n2-c1ccc2c(c1)c1ccccc1n2-c1cccc2sc3ccc(-c4cccc(-c5ccccc5)c4)cc3c12.